The van der Waals surface area contributed by atoms with Gasteiger partial charge < -0.3 is 112 Å². The molecule has 7 fully saturated rings. The summed E-state index contributed by atoms with van der Waals surface area (Å²) in [6, 6.07) is -1.28. The minimum absolute atomic E-state index is 0. The van der Waals surface area contributed by atoms with Gasteiger partial charge >= 0.3 is 113 Å². The van der Waals surface area contributed by atoms with Crippen LogP contribution in [0.3, 0.4) is 0 Å². The topological polar surface area (TPSA) is 729 Å². The van der Waals surface area contributed by atoms with Crippen molar-refractivity contribution in [1.82, 2.24) is 94.5 Å². The molecule has 19 N–H and O–H groups in total. The normalized spacial score (nSPS) is 27.0. The van der Waals surface area contributed by atoms with Crippen LogP contribution in [-0.4, -0.2) is 320 Å². The van der Waals surface area contributed by atoms with Crippen LogP contribution in [0.5, 0.6) is 0 Å². The first kappa shape index (κ1) is 121. The monoisotopic (exact) mass is 2070 g/mol. The van der Waals surface area contributed by atoms with Crippen LogP contribution >= 0.6 is 104 Å². The number of halogens is 9. The number of anilines is 4. The molecule has 6 aromatic rings. The van der Waals surface area contributed by atoms with E-state index in [0.29, 0.717) is 53.9 Å². The molecule has 127 heavy (non-hydrogen) atoms. The summed E-state index contributed by atoms with van der Waals surface area (Å²) in [6.07, 6.45) is -0.833. The predicted molar refractivity (Wildman–Crippen MR) is 447 cm³/mol. The standard InChI is InChI=1S/C13H19ClN4O3.C13H20N4O3.C10H15ClN4O3.C10H17N5O5S.C6H12ClNO3.C5H12O2.C4H3Cl2N3.C3Cl3N3.CH2O3.ClH2NO2S.2K.H/c1-6-15-11(14)18-12(16-6)17-8-4-7(5-19)9-10(8)21-13(2,3)20-9;1-7-14-6-15-12(16-7)17-9-4-8(5-18)10-11(9)20-13(2,3)19-10;1-4-12-9(11)15-10(13-4)14-6-2-5(3-16)7(17)8(6)18;1-5-12-4-13-10(14-5)15-7-2-6(8(16)9(7)17)3-20-21(11,18)19;7-8-4-1-3(2-9)5(10)6(4)11;1-5(2,6-3)7-4;1-2-7-3(5)9-4(6)8-2;4-1-7-2(5)9-3(6)8-1;2-1-4-3;1-5(2,3)4;;;/h7-10,19H,4-5H2,1-3H3,(H,15,16,17,18);6,8-11,18H,4-5H2,1-3H3,(H,14,15,16,17);5-8,16-18H,2-3H2,1H3,(H,12,13,14,15);4,6-9,16-17H,2-3H2,1H3,(H2,11,18,19)(H,12,13,14,15);3-6,8-11H,1-2H2;1-4H3;1H3;;1,3H;(H2,2,3,4);;;/q;;;;;;;;;;2*+1;-1/p-1/t7-,8-,9-,10+;8-,9-,10-,11+;5-,6-,7-,8+;6-,7-,8-,9+;3-,4-,5-,6+;;;;;;;;/m11111......../s1. The molecule has 5 aliphatic carbocycles. The van der Waals surface area contributed by atoms with Gasteiger partial charge in [-0.2, -0.15) is 66.7 Å². The van der Waals surface area contributed by atoms with E-state index in [-0.39, 0.29) is 265 Å². The molecule has 49 nitrogen and oxygen atoms in total. The second-order valence-electron chi connectivity index (χ2n) is 29.0. The number of aromatic nitrogens is 18. The molecule has 0 amide bonds. The van der Waals surface area contributed by atoms with Gasteiger partial charge in [0.05, 0.1) is 73.4 Å². The van der Waals surface area contributed by atoms with Crippen molar-refractivity contribution in [2.45, 2.75) is 217 Å². The number of aryl methyl sites for hydroxylation is 5. The van der Waals surface area contributed by atoms with Crippen molar-refractivity contribution in [1.29, 1.82) is 0 Å². The number of ether oxygens (including phenoxy) is 6. The van der Waals surface area contributed by atoms with E-state index in [4.69, 9.17) is 147 Å². The first-order valence-corrected chi connectivity index (χ1v) is 43.8. The summed E-state index contributed by atoms with van der Waals surface area (Å²) in [5, 5.41) is 125. The maximum Gasteiger partial charge on any atom is 1.00 e. The Hall–Kier alpha value is -2.33. The Morgan fingerprint density at radius 1 is 0.457 bits per heavy atom. The number of carbonyl (C=O) groups excluding carboxylic acids is 1. The van der Waals surface area contributed by atoms with Gasteiger partial charge in [-0.15, -0.1) is 0 Å². The molecule has 5 saturated carbocycles. The molecule has 6 aromatic heterocycles. The Kier molecular flexibility index (Phi) is 54.8. The zero-order valence-corrected chi connectivity index (χ0v) is 85.6. The molecular formula is C65H102Cl9K2N25O24S2. The molecule has 0 aromatic carbocycles. The van der Waals surface area contributed by atoms with Crippen LogP contribution in [0, 0.1) is 64.2 Å². The molecule has 0 radical (unpaired) electrons. The SMILES string of the molecule is COC(C)(C)OC.Cc1nc(Cl)nc(Cl)n1.Cc1nc(Cl)nc(N[C@@H]2C[C@H](CO)[C@@H](O)[C@H]2O)n1.Cc1nc(Cl)nc(N[C@@H]2C[C@H](CO)[C@H]3OC(C)(C)O[C@H]32)n1.Cc1ncnc(N[C@@H]2C[C@H](CO)[C@H]3OC(C)(C)O[C@H]32)n1.Cc1ncnc(N[C@@H]2C[C@H](COS(N)(=O)=O)[C@@H](O)[C@H]2O)n1.Clc1nc(Cl)nc(Cl)n1.NS(=O)(=O)Cl.O=CO[O-].OC[C@H]1C[C@@H](NCl)[C@H](O)[C@@H]1O.[H-].[K+].[K+]. The summed E-state index contributed by atoms with van der Waals surface area (Å²) in [5.41, 5.74) is 0. The number of nitrogens with two attached hydrogens (primary N) is 2. The number of methoxy groups -OCH3 is 2. The third-order valence-corrected chi connectivity index (χ3v) is 20.4. The zero-order valence-electron chi connectivity index (χ0n) is 72.0. The van der Waals surface area contributed by atoms with Crippen LogP contribution in [0.1, 0.15) is 104 Å². The van der Waals surface area contributed by atoms with Gasteiger partial charge in [-0.3, -0.25) is 8.98 Å². The Balaban J connectivity index is 0.000000735. The second-order valence-corrected chi connectivity index (χ2v) is 35.0. The first-order valence-electron chi connectivity index (χ1n) is 37.0. The van der Waals surface area contributed by atoms with Crippen molar-refractivity contribution in [3.8, 4) is 0 Å². The molecular weight excluding hydrogens is 1980 g/mol. The summed E-state index contributed by atoms with van der Waals surface area (Å²) in [4.78, 5) is 83.0. The third-order valence-electron chi connectivity index (χ3n) is 18.4. The van der Waals surface area contributed by atoms with Crippen LogP contribution < -0.4 is 144 Å². The van der Waals surface area contributed by atoms with Crippen molar-refractivity contribution >= 4 is 153 Å². The van der Waals surface area contributed by atoms with E-state index in [1.165, 1.54) is 12.7 Å². The molecule has 2 saturated heterocycles. The summed E-state index contributed by atoms with van der Waals surface area (Å²) < 4.78 is 77.7. The maximum atomic E-state index is 10.8. The molecule has 20 atom stereocenters. The Bertz CT molecular complexity index is 4340. The number of aliphatic hydroxyl groups excluding tert-OH is 10. The molecule has 7 aliphatic rings. The molecule has 0 unspecified atom stereocenters. The molecule has 708 valence electrons. The maximum absolute atomic E-state index is 10.8. The van der Waals surface area contributed by atoms with Crippen molar-refractivity contribution < 1.29 is 220 Å². The van der Waals surface area contributed by atoms with Gasteiger partial charge in [0.25, 0.3) is 15.7 Å². The molecule has 0 bridgehead atoms. The summed E-state index contributed by atoms with van der Waals surface area (Å²) >= 11 is 43.6. The summed E-state index contributed by atoms with van der Waals surface area (Å²) in [5.74, 6) is 1.44. The summed E-state index contributed by atoms with van der Waals surface area (Å²) in [6.45, 7) is 19.3. The van der Waals surface area contributed by atoms with Crippen LogP contribution in [0.2, 0.25) is 37.0 Å². The number of nitrogens with zero attached hydrogens (tertiary/aromatic N) is 18. The number of nitrogens with one attached hydrogen (secondary N) is 5. The molecule has 0 spiro atoms. The number of hydrogen-bond donors (Lipinski definition) is 17. The van der Waals surface area contributed by atoms with Crippen LogP contribution in [0.25, 0.3) is 0 Å². The van der Waals surface area contributed by atoms with Crippen molar-refractivity contribution in [3.63, 3.8) is 0 Å². The van der Waals surface area contributed by atoms with E-state index in [1.54, 1.807) is 41.9 Å². The predicted octanol–water partition coefficient (Wildman–Crippen LogP) is -5.94. The minimum atomic E-state index is -4.08. The van der Waals surface area contributed by atoms with Crippen molar-refractivity contribution in [2.24, 2.45) is 39.9 Å². The van der Waals surface area contributed by atoms with E-state index >= 15 is 0 Å². The van der Waals surface area contributed by atoms with E-state index in [0.717, 1.165) is 12.8 Å². The van der Waals surface area contributed by atoms with Crippen LogP contribution in [0.15, 0.2) is 12.7 Å². The van der Waals surface area contributed by atoms with Crippen LogP contribution in [-0.2, 0) is 61.8 Å². The first-order chi connectivity index (χ1) is 58.2. The van der Waals surface area contributed by atoms with Gasteiger partial charge in [0.1, 0.15) is 66.2 Å². The Morgan fingerprint density at radius 3 is 1.01 bits per heavy atom. The smallest absolute Gasteiger partial charge is 1.00 e. The Morgan fingerprint density at radius 2 is 0.724 bits per heavy atom. The number of aliphatic hydroxyl groups is 10. The molecule has 2 aliphatic heterocycles. The number of rotatable bonds is 19. The zero-order chi connectivity index (χ0) is 94.4. The van der Waals surface area contributed by atoms with E-state index in [9.17, 15) is 57.7 Å². The Labute approximate surface area is 861 Å². The fourth-order valence-corrected chi connectivity index (χ4v) is 14.7. The van der Waals surface area contributed by atoms with E-state index in [1.807, 2.05) is 48.5 Å². The number of hydrogen-bond acceptors (Lipinski definition) is 47. The van der Waals surface area contributed by atoms with E-state index in [2.05, 4.69) is 141 Å². The molecule has 8 heterocycles. The average molecular weight is 2080 g/mol. The van der Waals surface area contributed by atoms with Gasteiger partial charge in [-0.25, -0.2) is 55.0 Å². The molecule has 62 heteroatoms. The van der Waals surface area contributed by atoms with Crippen molar-refractivity contribution in [3.05, 3.63) is 78.8 Å². The van der Waals surface area contributed by atoms with Gasteiger partial charge in [-0.05, 0) is 201 Å². The molecule has 13 rings (SSSR count). The van der Waals surface area contributed by atoms with Crippen molar-refractivity contribution in [2.75, 3.05) is 68.5 Å². The van der Waals surface area contributed by atoms with Gasteiger partial charge in [0, 0.05) is 80.9 Å². The second kappa shape index (κ2) is 57.7. The van der Waals surface area contributed by atoms with Gasteiger partial charge in [0.2, 0.25) is 60.8 Å². The number of carbonyl (C=O) groups is 1. The van der Waals surface area contributed by atoms with Gasteiger partial charge in [0.15, 0.2) is 17.4 Å². The number of fused-ring (bicyclic) bond motifs is 2. The summed E-state index contributed by atoms with van der Waals surface area (Å²) in [7, 11) is -0.266. The van der Waals surface area contributed by atoms with Gasteiger partial charge in [-0.1, -0.05) is 0 Å². The average Bonchev–Trinajstić information content (AvgIpc) is 1.62. The quantitative estimate of drug-likeness (QED) is 0.00683. The van der Waals surface area contributed by atoms with E-state index < -0.39 is 91.5 Å². The minimum Gasteiger partial charge on any atom is -1.00 e. The largest absolute Gasteiger partial charge is 1.00 e. The van der Waals surface area contributed by atoms with Crippen LogP contribution in [0.4, 0.5) is 23.8 Å². The third kappa shape index (κ3) is 43.7. The fraction of sp³-hybridized carbons (Fsp3) is 0.708. The fourth-order valence-electron chi connectivity index (χ4n) is 12.7.